The van der Waals surface area contributed by atoms with Crippen LogP contribution in [0.25, 0.3) is 0 Å². The maximum atomic E-state index is 13.4. The molecule has 1 N–H and O–H groups in total. The molecule has 2 aromatic rings. The standard InChI is InChI=1S/C13H8ClF3N2O/c1-6-2-9(14)8(5-18-6)13(20)19-12-10(16)3-7(15)4-11(12)17/h2-5H,1H3,(H,19,20). The average Bonchev–Trinajstić information content (AvgIpc) is 2.33. The molecule has 1 aromatic heterocycles. The van der Waals surface area contributed by atoms with Crippen molar-refractivity contribution in [2.24, 2.45) is 0 Å². The van der Waals surface area contributed by atoms with E-state index in [9.17, 15) is 18.0 Å². The summed E-state index contributed by atoms with van der Waals surface area (Å²) in [5.41, 5.74) is -0.195. The Balaban J connectivity index is 2.33. The van der Waals surface area contributed by atoms with Crippen LogP contribution < -0.4 is 5.32 Å². The number of nitrogens with one attached hydrogen (secondary N) is 1. The number of aryl methyl sites for hydroxylation is 1. The molecule has 0 saturated heterocycles. The number of amides is 1. The topological polar surface area (TPSA) is 42.0 Å². The van der Waals surface area contributed by atoms with Gasteiger partial charge < -0.3 is 5.32 Å². The minimum absolute atomic E-state index is 0.0413. The third-order valence-corrected chi connectivity index (χ3v) is 2.79. The number of carbonyl (C=O) groups is 1. The molecule has 1 aromatic carbocycles. The van der Waals surface area contributed by atoms with E-state index < -0.39 is 29.0 Å². The SMILES string of the molecule is Cc1cc(Cl)c(C(=O)Nc2c(F)cc(F)cc2F)cn1. The molecule has 0 radical (unpaired) electrons. The van der Waals surface area contributed by atoms with Crippen LogP contribution in [0.3, 0.4) is 0 Å². The van der Waals surface area contributed by atoms with E-state index in [1.165, 1.54) is 12.3 Å². The third-order valence-electron chi connectivity index (χ3n) is 2.48. The quantitative estimate of drug-likeness (QED) is 0.918. The van der Waals surface area contributed by atoms with Gasteiger partial charge in [0.05, 0.1) is 10.6 Å². The molecule has 0 spiro atoms. The van der Waals surface area contributed by atoms with Crippen LogP contribution in [0.1, 0.15) is 16.1 Å². The van der Waals surface area contributed by atoms with Gasteiger partial charge in [-0.2, -0.15) is 0 Å². The van der Waals surface area contributed by atoms with E-state index in [2.05, 4.69) is 4.98 Å². The first-order valence-electron chi connectivity index (χ1n) is 5.46. The lowest BCUT2D eigenvalue weighted by Gasteiger charge is -2.09. The van der Waals surface area contributed by atoms with Crippen LogP contribution in [0, 0.1) is 24.4 Å². The first-order chi connectivity index (χ1) is 9.38. The Morgan fingerprint density at radius 3 is 2.35 bits per heavy atom. The van der Waals surface area contributed by atoms with Gasteiger partial charge in [-0.05, 0) is 13.0 Å². The Morgan fingerprint density at radius 2 is 1.80 bits per heavy atom. The molecule has 0 unspecified atom stereocenters. The monoisotopic (exact) mass is 300 g/mol. The summed E-state index contributed by atoms with van der Waals surface area (Å²) in [4.78, 5) is 15.7. The Hall–Kier alpha value is -2.08. The highest BCUT2D eigenvalue weighted by molar-refractivity contribution is 6.34. The van der Waals surface area contributed by atoms with Gasteiger partial charge in [0.2, 0.25) is 0 Å². The molecule has 0 atom stereocenters. The van der Waals surface area contributed by atoms with E-state index in [1.54, 1.807) is 6.92 Å². The summed E-state index contributed by atoms with van der Waals surface area (Å²) in [6.45, 7) is 1.67. The van der Waals surface area contributed by atoms with E-state index in [4.69, 9.17) is 11.6 Å². The number of hydrogen-bond acceptors (Lipinski definition) is 2. The van der Waals surface area contributed by atoms with Crippen molar-refractivity contribution in [1.82, 2.24) is 4.98 Å². The van der Waals surface area contributed by atoms with Gasteiger partial charge in [-0.1, -0.05) is 11.6 Å². The Bertz CT molecular complexity index is 668. The minimum Gasteiger partial charge on any atom is -0.317 e. The van der Waals surface area contributed by atoms with Gasteiger partial charge in [-0.25, -0.2) is 13.2 Å². The number of halogens is 4. The largest absolute Gasteiger partial charge is 0.317 e. The second-order valence-corrected chi connectivity index (χ2v) is 4.41. The van der Waals surface area contributed by atoms with Crippen LogP contribution in [0.4, 0.5) is 18.9 Å². The lowest BCUT2D eigenvalue weighted by Crippen LogP contribution is -2.15. The molecule has 1 amide bonds. The summed E-state index contributed by atoms with van der Waals surface area (Å²) in [5, 5.41) is 2.10. The number of carbonyl (C=O) groups excluding carboxylic acids is 1. The molecule has 1 heterocycles. The van der Waals surface area contributed by atoms with Gasteiger partial charge in [0, 0.05) is 24.0 Å². The van der Waals surface area contributed by atoms with Crippen molar-refractivity contribution in [2.45, 2.75) is 6.92 Å². The maximum absolute atomic E-state index is 13.4. The fourth-order valence-electron chi connectivity index (χ4n) is 1.54. The normalized spacial score (nSPS) is 10.4. The number of nitrogens with zero attached hydrogens (tertiary/aromatic N) is 1. The first kappa shape index (κ1) is 14.3. The van der Waals surface area contributed by atoms with Gasteiger partial charge >= 0.3 is 0 Å². The van der Waals surface area contributed by atoms with Gasteiger partial charge in [-0.3, -0.25) is 9.78 Å². The summed E-state index contributed by atoms with van der Waals surface area (Å²) in [7, 11) is 0. The van der Waals surface area contributed by atoms with Crippen molar-refractivity contribution < 1.29 is 18.0 Å². The number of hydrogen-bond donors (Lipinski definition) is 1. The number of aromatic nitrogens is 1. The molecule has 104 valence electrons. The van der Waals surface area contributed by atoms with E-state index in [0.29, 0.717) is 17.8 Å². The first-order valence-corrected chi connectivity index (χ1v) is 5.84. The van der Waals surface area contributed by atoms with Crippen LogP contribution in [0.5, 0.6) is 0 Å². The van der Waals surface area contributed by atoms with Gasteiger partial charge in [0.1, 0.15) is 11.5 Å². The van der Waals surface area contributed by atoms with Gasteiger partial charge in [0.15, 0.2) is 11.6 Å². The fourth-order valence-corrected chi connectivity index (χ4v) is 1.83. The summed E-state index contributed by atoms with van der Waals surface area (Å²) in [6, 6.07) is 2.37. The number of anilines is 1. The van der Waals surface area contributed by atoms with Crippen LogP contribution in [-0.2, 0) is 0 Å². The lowest BCUT2D eigenvalue weighted by atomic mass is 10.2. The van der Waals surface area contributed by atoms with Crippen molar-refractivity contribution in [1.29, 1.82) is 0 Å². The third kappa shape index (κ3) is 2.91. The molecule has 3 nitrogen and oxygen atoms in total. The van der Waals surface area contributed by atoms with Crippen molar-refractivity contribution >= 4 is 23.2 Å². The molecule has 0 aliphatic rings. The number of rotatable bonds is 2. The molecular formula is C13H8ClF3N2O. The molecule has 0 saturated carbocycles. The van der Waals surface area contributed by atoms with E-state index in [-0.39, 0.29) is 10.6 Å². The van der Waals surface area contributed by atoms with Crippen LogP contribution >= 0.6 is 11.6 Å². The molecule has 7 heteroatoms. The summed E-state index contributed by atoms with van der Waals surface area (Å²) in [5.74, 6) is -4.35. The van der Waals surface area contributed by atoms with Crippen LogP contribution in [0.15, 0.2) is 24.4 Å². The van der Waals surface area contributed by atoms with E-state index in [1.807, 2.05) is 5.32 Å². The fraction of sp³-hybridized carbons (Fsp3) is 0.0769. The van der Waals surface area contributed by atoms with Crippen molar-refractivity contribution in [3.8, 4) is 0 Å². The number of pyridine rings is 1. The highest BCUT2D eigenvalue weighted by atomic mass is 35.5. The molecule has 0 aliphatic heterocycles. The summed E-state index contributed by atoms with van der Waals surface area (Å²) >= 11 is 5.85. The highest BCUT2D eigenvalue weighted by Gasteiger charge is 2.17. The second kappa shape index (κ2) is 5.50. The predicted octanol–water partition coefficient (Wildman–Crippen LogP) is 3.71. The molecule has 20 heavy (non-hydrogen) atoms. The van der Waals surface area contributed by atoms with E-state index >= 15 is 0 Å². The van der Waals surface area contributed by atoms with Crippen LogP contribution in [-0.4, -0.2) is 10.9 Å². The average molecular weight is 301 g/mol. The Labute approximate surface area is 117 Å². The Kier molecular flexibility index (Phi) is 3.94. The zero-order valence-corrected chi connectivity index (χ0v) is 10.9. The Morgan fingerprint density at radius 1 is 1.20 bits per heavy atom. The molecule has 2 rings (SSSR count). The lowest BCUT2D eigenvalue weighted by molar-refractivity contribution is 0.102. The second-order valence-electron chi connectivity index (χ2n) is 4.00. The summed E-state index contributed by atoms with van der Waals surface area (Å²) < 4.78 is 39.6. The molecular weight excluding hydrogens is 293 g/mol. The smallest absolute Gasteiger partial charge is 0.258 e. The van der Waals surface area contributed by atoms with Crippen molar-refractivity contribution in [2.75, 3.05) is 5.32 Å². The highest BCUT2D eigenvalue weighted by Crippen LogP contribution is 2.22. The molecule has 0 fully saturated rings. The van der Waals surface area contributed by atoms with Crippen molar-refractivity contribution in [3.05, 3.63) is 58.1 Å². The zero-order valence-electron chi connectivity index (χ0n) is 10.2. The van der Waals surface area contributed by atoms with E-state index in [0.717, 1.165) is 0 Å². The van der Waals surface area contributed by atoms with Crippen molar-refractivity contribution in [3.63, 3.8) is 0 Å². The maximum Gasteiger partial charge on any atom is 0.258 e. The summed E-state index contributed by atoms with van der Waals surface area (Å²) in [6.07, 6.45) is 1.19. The van der Waals surface area contributed by atoms with Gasteiger partial charge in [0.25, 0.3) is 5.91 Å². The zero-order chi connectivity index (χ0) is 14.9. The molecule has 0 bridgehead atoms. The molecule has 0 aliphatic carbocycles. The van der Waals surface area contributed by atoms with Gasteiger partial charge in [-0.15, -0.1) is 0 Å². The predicted molar refractivity (Wildman–Crippen MR) is 68.3 cm³/mol. The van der Waals surface area contributed by atoms with Crippen LogP contribution in [0.2, 0.25) is 5.02 Å². The number of benzene rings is 1. The minimum atomic E-state index is -1.22.